The van der Waals surface area contributed by atoms with Gasteiger partial charge < -0.3 is 21.4 Å². The standard InChI is InChI=1S/C15H26N4/c1-2-7-19-8-5-13(6-9-19)18-11-12-3-4-14(16)15(17)10-12/h3-4,10,13,15-16,18H,2,5-9,11,17H2,1H3. The zero-order valence-corrected chi connectivity index (χ0v) is 11.9. The van der Waals surface area contributed by atoms with Crippen molar-refractivity contribution in [1.29, 1.82) is 5.41 Å². The average Bonchev–Trinajstić information content (AvgIpc) is 2.42. The van der Waals surface area contributed by atoms with Gasteiger partial charge in [-0.1, -0.05) is 19.1 Å². The Hall–Kier alpha value is -0.970. The highest BCUT2D eigenvalue weighted by Crippen LogP contribution is 2.12. The van der Waals surface area contributed by atoms with Crippen LogP contribution < -0.4 is 11.1 Å². The minimum absolute atomic E-state index is 0.229. The molecule has 0 amide bonds. The molecule has 1 aliphatic heterocycles. The van der Waals surface area contributed by atoms with Crippen LogP contribution in [0.3, 0.4) is 0 Å². The van der Waals surface area contributed by atoms with Crippen molar-refractivity contribution in [3.63, 3.8) is 0 Å². The van der Waals surface area contributed by atoms with Gasteiger partial charge in [-0.15, -0.1) is 0 Å². The maximum Gasteiger partial charge on any atom is 0.0655 e. The van der Waals surface area contributed by atoms with Gasteiger partial charge in [0, 0.05) is 12.6 Å². The fourth-order valence-electron chi connectivity index (χ4n) is 2.74. The van der Waals surface area contributed by atoms with E-state index in [-0.39, 0.29) is 6.04 Å². The summed E-state index contributed by atoms with van der Waals surface area (Å²) in [6, 6.07) is 0.396. The van der Waals surface area contributed by atoms with E-state index in [1.165, 1.54) is 44.5 Å². The summed E-state index contributed by atoms with van der Waals surface area (Å²) < 4.78 is 0. The molecule has 0 aromatic heterocycles. The van der Waals surface area contributed by atoms with Crippen LogP contribution in [0.15, 0.2) is 23.8 Å². The summed E-state index contributed by atoms with van der Waals surface area (Å²) in [7, 11) is 0. The first-order chi connectivity index (χ1) is 9.19. The van der Waals surface area contributed by atoms with Crippen molar-refractivity contribution in [3.05, 3.63) is 23.8 Å². The first kappa shape index (κ1) is 14.4. The zero-order valence-electron chi connectivity index (χ0n) is 11.9. The monoisotopic (exact) mass is 262 g/mol. The molecule has 2 rings (SSSR count). The van der Waals surface area contributed by atoms with Gasteiger partial charge in [-0.3, -0.25) is 0 Å². The SMILES string of the molecule is CCCN1CCC(NCC2=CC(N)C(=N)C=C2)CC1. The van der Waals surface area contributed by atoms with Gasteiger partial charge in [-0.05, 0) is 50.5 Å². The van der Waals surface area contributed by atoms with Gasteiger partial charge in [-0.25, -0.2) is 0 Å². The average molecular weight is 262 g/mol. The molecule has 4 nitrogen and oxygen atoms in total. The molecule has 0 radical (unpaired) electrons. The molecule has 4 N–H and O–H groups in total. The molecule has 0 bridgehead atoms. The second-order valence-corrected chi connectivity index (χ2v) is 5.55. The maximum absolute atomic E-state index is 7.59. The molecule has 0 spiro atoms. The molecule has 106 valence electrons. The van der Waals surface area contributed by atoms with Gasteiger partial charge >= 0.3 is 0 Å². The summed E-state index contributed by atoms with van der Waals surface area (Å²) in [5.41, 5.74) is 7.55. The lowest BCUT2D eigenvalue weighted by molar-refractivity contribution is 0.200. The van der Waals surface area contributed by atoms with Crippen molar-refractivity contribution in [2.45, 2.75) is 38.3 Å². The normalized spacial score (nSPS) is 25.7. The van der Waals surface area contributed by atoms with E-state index in [1.54, 1.807) is 0 Å². The molecular formula is C15H26N4. The Morgan fingerprint density at radius 3 is 2.74 bits per heavy atom. The fraction of sp³-hybridized carbons (Fsp3) is 0.667. The molecule has 0 aromatic carbocycles. The predicted octanol–water partition coefficient (Wildman–Crippen LogP) is 1.29. The first-order valence-corrected chi connectivity index (χ1v) is 7.37. The number of likely N-dealkylation sites (tertiary alicyclic amines) is 1. The second kappa shape index (κ2) is 6.98. The molecule has 4 heteroatoms. The number of nitrogens with one attached hydrogen (secondary N) is 2. The summed E-state index contributed by atoms with van der Waals surface area (Å²) in [6.07, 6.45) is 9.52. The highest BCUT2D eigenvalue weighted by atomic mass is 15.1. The second-order valence-electron chi connectivity index (χ2n) is 5.55. The van der Waals surface area contributed by atoms with Crippen LogP contribution in [0, 0.1) is 5.41 Å². The van der Waals surface area contributed by atoms with Crippen LogP contribution in [0.1, 0.15) is 26.2 Å². The lowest BCUT2D eigenvalue weighted by atomic mass is 10.00. The Morgan fingerprint density at radius 1 is 1.37 bits per heavy atom. The number of hydrogen-bond donors (Lipinski definition) is 3. The van der Waals surface area contributed by atoms with E-state index < -0.39 is 0 Å². The van der Waals surface area contributed by atoms with Gasteiger partial charge in [0.1, 0.15) is 0 Å². The van der Waals surface area contributed by atoms with E-state index in [0.717, 1.165) is 6.54 Å². The molecule has 1 saturated heterocycles. The van der Waals surface area contributed by atoms with Crippen molar-refractivity contribution in [2.75, 3.05) is 26.2 Å². The van der Waals surface area contributed by atoms with E-state index in [2.05, 4.69) is 17.1 Å². The van der Waals surface area contributed by atoms with E-state index in [1.807, 2.05) is 18.2 Å². The zero-order chi connectivity index (χ0) is 13.7. The van der Waals surface area contributed by atoms with Gasteiger partial charge in [0.2, 0.25) is 0 Å². The largest absolute Gasteiger partial charge is 0.319 e. The number of rotatable bonds is 5. The van der Waals surface area contributed by atoms with Gasteiger partial charge in [0.05, 0.1) is 11.8 Å². The summed E-state index contributed by atoms with van der Waals surface area (Å²) in [6.45, 7) is 6.77. The highest BCUT2D eigenvalue weighted by molar-refractivity contribution is 5.99. The van der Waals surface area contributed by atoms with E-state index in [0.29, 0.717) is 11.8 Å². The van der Waals surface area contributed by atoms with E-state index in [4.69, 9.17) is 11.1 Å². The Kier molecular flexibility index (Phi) is 5.31. The lowest BCUT2D eigenvalue weighted by Crippen LogP contribution is -2.43. The number of hydrogen-bond acceptors (Lipinski definition) is 4. The number of nitrogens with two attached hydrogens (primary N) is 1. The third-order valence-corrected chi connectivity index (χ3v) is 3.95. The fourth-order valence-corrected chi connectivity index (χ4v) is 2.74. The van der Waals surface area contributed by atoms with Crippen LogP contribution in [-0.2, 0) is 0 Å². The number of nitrogens with zero attached hydrogens (tertiary/aromatic N) is 1. The maximum atomic E-state index is 7.59. The minimum atomic E-state index is -0.229. The van der Waals surface area contributed by atoms with Crippen molar-refractivity contribution in [2.24, 2.45) is 5.73 Å². The Bertz CT molecular complexity index is 364. The molecule has 2 aliphatic rings. The third-order valence-electron chi connectivity index (χ3n) is 3.95. The van der Waals surface area contributed by atoms with Crippen molar-refractivity contribution in [3.8, 4) is 0 Å². The van der Waals surface area contributed by atoms with Gasteiger partial charge in [0.25, 0.3) is 0 Å². The van der Waals surface area contributed by atoms with Gasteiger partial charge in [0.15, 0.2) is 0 Å². The first-order valence-electron chi connectivity index (χ1n) is 7.37. The van der Waals surface area contributed by atoms with Crippen molar-refractivity contribution in [1.82, 2.24) is 10.2 Å². The van der Waals surface area contributed by atoms with E-state index in [9.17, 15) is 0 Å². The molecule has 1 atom stereocenters. The topological polar surface area (TPSA) is 65.1 Å². The molecule has 1 aliphatic carbocycles. The summed E-state index contributed by atoms with van der Waals surface area (Å²) in [5, 5.41) is 11.2. The molecule has 0 saturated carbocycles. The van der Waals surface area contributed by atoms with Crippen LogP contribution in [0.2, 0.25) is 0 Å². The van der Waals surface area contributed by atoms with Crippen molar-refractivity contribution >= 4 is 5.71 Å². The Labute approximate surface area is 116 Å². The summed E-state index contributed by atoms with van der Waals surface area (Å²) >= 11 is 0. The Morgan fingerprint density at radius 2 is 2.11 bits per heavy atom. The molecule has 19 heavy (non-hydrogen) atoms. The quantitative estimate of drug-likeness (QED) is 0.699. The summed E-state index contributed by atoms with van der Waals surface area (Å²) in [4.78, 5) is 2.55. The molecule has 1 unspecified atom stereocenters. The predicted molar refractivity (Wildman–Crippen MR) is 80.7 cm³/mol. The highest BCUT2D eigenvalue weighted by Gasteiger charge is 2.18. The van der Waals surface area contributed by atoms with Crippen LogP contribution in [0.25, 0.3) is 0 Å². The van der Waals surface area contributed by atoms with Crippen LogP contribution in [-0.4, -0.2) is 48.9 Å². The molecule has 0 aromatic rings. The molecule has 1 fully saturated rings. The van der Waals surface area contributed by atoms with Crippen LogP contribution >= 0.6 is 0 Å². The van der Waals surface area contributed by atoms with Crippen LogP contribution in [0.4, 0.5) is 0 Å². The molecular weight excluding hydrogens is 236 g/mol. The lowest BCUT2D eigenvalue weighted by Gasteiger charge is -2.32. The molecule has 1 heterocycles. The summed E-state index contributed by atoms with van der Waals surface area (Å²) in [5.74, 6) is 0. The van der Waals surface area contributed by atoms with Crippen LogP contribution in [0.5, 0.6) is 0 Å². The third kappa shape index (κ3) is 4.27. The Balaban J connectivity index is 1.71. The number of piperidine rings is 1. The van der Waals surface area contributed by atoms with Gasteiger partial charge in [-0.2, -0.15) is 0 Å². The smallest absolute Gasteiger partial charge is 0.0655 e. The van der Waals surface area contributed by atoms with E-state index >= 15 is 0 Å². The van der Waals surface area contributed by atoms with Crippen molar-refractivity contribution < 1.29 is 0 Å². The minimum Gasteiger partial charge on any atom is -0.319 e.